The lowest BCUT2D eigenvalue weighted by Crippen LogP contribution is -2.28. The number of nitrogens with one attached hydrogen (secondary N) is 2. The number of benzene rings is 1. The van der Waals surface area contributed by atoms with Crippen LogP contribution in [-0.2, 0) is 0 Å². The highest BCUT2D eigenvalue weighted by molar-refractivity contribution is 5.54. The molecule has 0 spiro atoms. The SMILES string of the molecule is Cc1cc(C)c(NCCNC(C)C)cc1C. The zero-order valence-electron chi connectivity index (χ0n) is 11.1. The molecule has 0 saturated heterocycles. The summed E-state index contributed by atoms with van der Waals surface area (Å²) < 4.78 is 0. The Morgan fingerprint density at radius 2 is 1.56 bits per heavy atom. The minimum absolute atomic E-state index is 0.558. The maximum atomic E-state index is 3.47. The van der Waals surface area contributed by atoms with Crippen molar-refractivity contribution in [1.82, 2.24) is 5.32 Å². The van der Waals surface area contributed by atoms with Crippen molar-refractivity contribution in [3.8, 4) is 0 Å². The third-order valence-electron chi connectivity index (χ3n) is 2.83. The van der Waals surface area contributed by atoms with E-state index in [1.165, 1.54) is 22.4 Å². The van der Waals surface area contributed by atoms with Crippen LogP contribution in [0.15, 0.2) is 12.1 Å². The van der Waals surface area contributed by atoms with Crippen molar-refractivity contribution >= 4 is 5.69 Å². The van der Waals surface area contributed by atoms with Gasteiger partial charge in [0.1, 0.15) is 0 Å². The van der Waals surface area contributed by atoms with Crippen molar-refractivity contribution in [1.29, 1.82) is 0 Å². The number of anilines is 1. The highest BCUT2D eigenvalue weighted by atomic mass is 15.0. The fourth-order valence-corrected chi connectivity index (χ4v) is 1.71. The maximum absolute atomic E-state index is 3.47. The van der Waals surface area contributed by atoms with Gasteiger partial charge in [0.05, 0.1) is 0 Å². The third kappa shape index (κ3) is 3.86. The summed E-state index contributed by atoms with van der Waals surface area (Å²) in [6, 6.07) is 5.04. The van der Waals surface area contributed by atoms with Gasteiger partial charge in [0.25, 0.3) is 0 Å². The fraction of sp³-hybridized carbons (Fsp3) is 0.571. The van der Waals surface area contributed by atoms with Gasteiger partial charge in [-0.15, -0.1) is 0 Å². The molecule has 0 saturated carbocycles. The first-order chi connectivity index (χ1) is 7.50. The minimum atomic E-state index is 0.558. The third-order valence-corrected chi connectivity index (χ3v) is 2.83. The molecule has 0 unspecified atom stereocenters. The van der Waals surface area contributed by atoms with Gasteiger partial charge in [-0.05, 0) is 43.5 Å². The Morgan fingerprint density at radius 1 is 0.938 bits per heavy atom. The zero-order chi connectivity index (χ0) is 12.1. The molecule has 16 heavy (non-hydrogen) atoms. The molecule has 1 aromatic carbocycles. The molecule has 0 aliphatic carbocycles. The molecule has 0 radical (unpaired) electrons. The average Bonchev–Trinajstić information content (AvgIpc) is 2.19. The van der Waals surface area contributed by atoms with Crippen molar-refractivity contribution < 1.29 is 0 Å². The van der Waals surface area contributed by atoms with Gasteiger partial charge in [-0.3, -0.25) is 0 Å². The normalized spacial score (nSPS) is 10.9. The molecule has 1 rings (SSSR count). The fourth-order valence-electron chi connectivity index (χ4n) is 1.71. The highest BCUT2D eigenvalue weighted by Gasteiger charge is 2.01. The number of hydrogen-bond acceptors (Lipinski definition) is 2. The van der Waals surface area contributed by atoms with Crippen molar-refractivity contribution in [2.24, 2.45) is 0 Å². The second-order valence-electron chi connectivity index (χ2n) is 4.79. The Labute approximate surface area is 99.5 Å². The monoisotopic (exact) mass is 220 g/mol. The Bertz CT molecular complexity index is 343. The Kier molecular flexibility index (Phi) is 4.81. The van der Waals surface area contributed by atoms with Crippen molar-refractivity contribution in [2.75, 3.05) is 18.4 Å². The van der Waals surface area contributed by atoms with Crippen LogP contribution >= 0.6 is 0 Å². The minimum Gasteiger partial charge on any atom is -0.384 e. The lowest BCUT2D eigenvalue weighted by Gasteiger charge is -2.13. The van der Waals surface area contributed by atoms with Gasteiger partial charge >= 0.3 is 0 Å². The van der Waals surface area contributed by atoms with Crippen LogP contribution in [0.3, 0.4) is 0 Å². The van der Waals surface area contributed by atoms with Gasteiger partial charge in [0.15, 0.2) is 0 Å². The summed E-state index contributed by atoms with van der Waals surface area (Å²) in [6.07, 6.45) is 0. The van der Waals surface area contributed by atoms with Crippen molar-refractivity contribution in [2.45, 2.75) is 40.7 Å². The first-order valence-corrected chi connectivity index (χ1v) is 6.06. The molecule has 0 heterocycles. The first-order valence-electron chi connectivity index (χ1n) is 6.06. The van der Waals surface area contributed by atoms with E-state index in [4.69, 9.17) is 0 Å². The van der Waals surface area contributed by atoms with E-state index in [2.05, 4.69) is 57.4 Å². The molecule has 0 atom stereocenters. The molecule has 90 valence electrons. The molecule has 2 nitrogen and oxygen atoms in total. The van der Waals surface area contributed by atoms with Gasteiger partial charge in [-0.25, -0.2) is 0 Å². The van der Waals surface area contributed by atoms with E-state index in [1.807, 2.05) is 0 Å². The summed E-state index contributed by atoms with van der Waals surface area (Å²) in [6.45, 7) is 12.8. The van der Waals surface area contributed by atoms with Gasteiger partial charge < -0.3 is 10.6 Å². The average molecular weight is 220 g/mol. The lowest BCUT2D eigenvalue weighted by atomic mass is 10.1. The van der Waals surface area contributed by atoms with Crippen LogP contribution in [0.5, 0.6) is 0 Å². The van der Waals surface area contributed by atoms with E-state index in [0.717, 1.165) is 13.1 Å². The van der Waals surface area contributed by atoms with Gasteiger partial charge in [0.2, 0.25) is 0 Å². The molecule has 0 aromatic heterocycles. The molecule has 0 bridgehead atoms. The smallest absolute Gasteiger partial charge is 0.0373 e. The second kappa shape index (κ2) is 5.90. The number of rotatable bonds is 5. The summed E-state index contributed by atoms with van der Waals surface area (Å²) in [7, 11) is 0. The van der Waals surface area contributed by atoms with Gasteiger partial charge in [0, 0.05) is 24.8 Å². The van der Waals surface area contributed by atoms with E-state index in [-0.39, 0.29) is 0 Å². The largest absolute Gasteiger partial charge is 0.384 e. The Balaban J connectivity index is 2.51. The van der Waals surface area contributed by atoms with E-state index in [9.17, 15) is 0 Å². The summed E-state index contributed by atoms with van der Waals surface area (Å²) in [5, 5.41) is 6.87. The predicted octanol–water partition coefficient (Wildman–Crippen LogP) is 3.02. The number of aryl methyl sites for hydroxylation is 3. The van der Waals surface area contributed by atoms with Crippen LogP contribution in [0.2, 0.25) is 0 Å². The zero-order valence-corrected chi connectivity index (χ0v) is 11.1. The molecule has 0 aliphatic rings. The van der Waals surface area contributed by atoms with Gasteiger partial charge in [-0.1, -0.05) is 19.9 Å². The molecule has 0 aliphatic heterocycles. The quantitative estimate of drug-likeness (QED) is 0.745. The molecule has 2 heteroatoms. The van der Waals surface area contributed by atoms with E-state index < -0.39 is 0 Å². The predicted molar refractivity (Wildman–Crippen MR) is 72.3 cm³/mol. The molecular formula is C14H24N2. The lowest BCUT2D eigenvalue weighted by molar-refractivity contribution is 0.602. The summed E-state index contributed by atoms with van der Waals surface area (Å²) in [5.41, 5.74) is 5.30. The standard InChI is InChI=1S/C14H24N2/c1-10(2)15-6-7-16-14-9-12(4)11(3)8-13(14)5/h8-10,15-16H,6-7H2,1-5H3. The van der Waals surface area contributed by atoms with Crippen LogP contribution in [-0.4, -0.2) is 19.1 Å². The molecule has 0 amide bonds. The Morgan fingerprint density at radius 3 is 2.19 bits per heavy atom. The summed E-state index contributed by atoms with van der Waals surface area (Å²) >= 11 is 0. The molecule has 0 fully saturated rings. The molecular weight excluding hydrogens is 196 g/mol. The summed E-state index contributed by atoms with van der Waals surface area (Å²) in [4.78, 5) is 0. The van der Waals surface area contributed by atoms with Crippen LogP contribution in [0.1, 0.15) is 30.5 Å². The number of hydrogen-bond donors (Lipinski definition) is 2. The highest BCUT2D eigenvalue weighted by Crippen LogP contribution is 2.19. The van der Waals surface area contributed by atoms with Crippen LogP contribution in [0.4, 0.5) is 5.69 Å². The van der Waals surface area contributed by atoms with Crippen LogP contribution < -0.4 is 10.6 Å². The van der Waals surface area contributed by atoms with Gasteiger partial charge in [-0.2, -0.15) is 0 Å². The van der Waals surface area contributed by atoms with E-state index in [1.54, 1.807) is 0 Å². The first kappa shape index (κ1) is 13.0. The second-order valence-corrected chi connectivity index (χ2v) is 4.79. The van der Waals surface area contributed by atoms with E-state index >= 15 is 0 Å². The van der Waals surface area contributed by atoms with E-state index in [0.29, 0.717) is 6.04 Å². The van der Waals surface area contributed by atoms with Crippen LogP contribution in [0.25, 0.3) is 0 Å². The van der Waals surface area contributed by atoms with Crippen molar-refractivity contribution in [3.63, 3.8) is 0 Å². The molecule has 2 N–H and O–H groups in total. The van der Waals surface area contributed by atoms with Crippen molar-refractivity contribution in [3.05, 3.63) is 28.8 Å². The molecule has 1 aromatic rings. The Hall–Kier alpha value is -1.02. The topological polar surface area (TPSA) is 24.1 Å². The van der Waals surface area contributed by atoms with Crippen LogP contribution in [0, 0.1) is 20.8 Å². The maximum Gasteiger partial charge on any atom is 0.0373 e. The summed E-state index contributed by atoms with van der Waals surface area (Å²) in [5.74, 6) is 0.